The molecule has 0 aromatic carbocycles. The molecule has 0 aliphatic carbocycles. The summed E-state index contributed by atoms with van der Waals surface area (Å²) in [5.74, 6) is 0. The van der Waals surface area contributed by atoms with Crippen molar-refractivity contribution in [3.63, 3.8) is 0 Å². The minimum absolute atomic E-state index is 0. The van der Waals surface area contributed by atoms with Crippen LogP contribution in [0.15, 0.2) is 0 Å². The van der Waals surface area contributed by atoms with Gasteiger partial charge in [-0.1, -0.05) is 0 Å². The molecule has 2 radical (unpaired) electrons. The van der Waals surface area contributed by atoms with Gasteiger partial charge in [-0.05, 0) is 27.7 Å². The molecule has 0 unspecified atom stereocenters. The van der Waals surface area contributed by atoms with Crippen LogP contribution in [0.4, 0.5) is 0 Å². The van der Waals surface area contributed by atoms with Gasteiger partial charge in [-0.25, -0.2) is 0 Å². The van der Waals surface area contributed by atoms with Crippen molar-refractivity contribution in [3.05, 3.63) is 7.43 Å². The van der Waals surface area contributed by atoms with Crippen molar-refractivity contribution in [2.24, 2.45) is 0 Å². The summed E-state index contributed by atoms with van der Waals surface area (Å²) in [6.07, 6.45) is 0. The van der Waals surface area contributed by atoms with Gasteiger partial charge in [0.1, 0.15) is 0 Å². The topological polar surface area (TPSA) is 52.6 Å². The number of hydrogen-bond donors (Lipinski definition) is 0. The van der Waals surface area contributed by atoms with Crippen molar-refractivity contribution in [1.29, 1.82) is 0 Å². The molecule has 6 heteroatoms. The van der Waals surface area contributed by atoms with Crippen LogP contribution in [0, 0.1) is 7.43 Å². The van der Waals surface area contributed by atoms with Crippen LogP contribution in [0.3, 0.4) is 0 Å². The fourth-order valence-corrected chi connectivity index (χ4v) is 0.548. The fourth-order valence-electron chi connectivity index (χ4n) is 0.548. The predicted octanol–water partition coefficient (Wildman–Crippen LogP) is 1.02. The quantitative estimate of drug-likeness (QED) is 0.369. The second-order valence-electron chi connectivity index (χ2n) is 3.35. The molecule has 0 N–H and O–H groups in total. The second-order valence-corrected chi connectivity index (χ2v) is 3.35. The van der Waals surface area contributed by atoms with Gasteiger partial charge in [0.05, 0.1) is 11.2 Å². The first-order valence-electron chi connectivity index (χ1n) is 3.60. The third-order valence-electron chi connectivity index (χ3n) is 2.14. The Kier molecular flexibility index (Phi) is 16.7. The van der Waals surface area contributed by atoms with Gasteiger partial charge in [-0.2, -0.15) is 0 Å². The van der Waals surface area contributed by atoms with Gasteiger partial charge in [0, 0.05) is 0 Å². The monoisotopic (exact) mass is 256 g/mol. The molecule has 0 aromatic heterocycles. The van der Waals surface area contributed by atoms with E-state index in [0.29, 0.717) is 0 Å². The molecule has 0 bridgehead atoms. The first-order valence-corrected chi connectivity index (χ1v) is 3.60. The summed E-state index contributed by atoms with van der Waals surface area (Å²) in [6.45, 7) is 14.5. The van der Waals surface area contributed by atoms with Crippen LogP contribution >= 0.6 is 0 Å². The summed E-state index contributed by atoms with van der Waals surface area (Å²) in [4.78, 5) is 15.5. The summed E-state index contributed by atoms with van der Waals surface area (Å²) in [5, 5.41) is 0. The second kappa shape index (κ2) is 10.4. The van der Waals surface area contributed by atoms with E-state index >= 15 is 0 Å². The molecule has 0 amide bonds. The maximum absolute atomic E-state index is 7.75. The van der Waals surface area contributed by atoms with Gasteiger partial charge in [-0.3, -0.25) is 13.6 Å². The first-order chi connectivity index (χ1) is 5.96. The minimum Gasteiger partial charge on any atom is -0.545 e. The average Bonchev–Trinajstić information content (AvgIpc) is 2.33. The zero-order valence-electron chi connectivity index (χ0n) is 9.72. The molecular formula is C9H17BFeO4. The Balaban J connectivity index is -0.0000000910. The van der Waals surface area contributed by atoms with Crippen LogP contribution in [0.2, 0.25) is 0 Å². The van der Waals surface area contributed by atoms with Crippen LogP contribution in [0.5, 0.6) is 0 Å². The van der Waals surface area contributed by atoms with Crippen LogP contribution in [0.1, 0.15) is 27.7 Å². The van der Waals surface area contributed by atoms with E-state index in [9.17, 15) is 0 Å². The van der Waals surface area contributed by atoms with E-state index in [-0.39, 0.29) is 35.7 Å². The molecule has 0 saturated carbocycles. The van der Waals surface area contributed by atoms with Crippen molar-refractivity contribution in [1.82, 2.24) is 0 Å². The normalized spacial score (nSPS) is 18.4. The molecule has 1 aliphatic rings. The summed E-state index contributed by atoms with van der Waals surface area (Å²) in [6, 6.07) is 0. The molecule has 1 heterocycles. The third-order valence-corrected chi connectivity index (χ3v) is 2.14. The van der Waals surface area contributed by atoms with Crippen LogP contribution in [-0.4, -0.2) is 32.5 Å². The Labute approximate surface area is 104 Å². The summed E-state index contributed by atoms with van der Waals surface area (Å²) in [7, 11) is 1.42. The van der Waals surface area contributed by atoms with Crippen molar-refractivity contribution >= 4 is 21.3 Å². The molecule has 15 heavy (non-hydrogen) atoms. The number of hydrogen-bond acceptors (Lipinski definition) is 4. The Hall–Kier alpha value is -0.156. The van der Waals surface area contributed by atoms with E-state index in [1.807, 2.05) is 27.7 Å². The van der Waals surface area contributed by atoms with Crippen molar-refractivity contribution < 1.29 is 36.0 Å². The largest absolute Gasteiger partial charge is 3.00 e. The first kappa shape index (κ1) is 24.2. The fraction of sp³-hybridized carbons (Fsp3) is 0.667. The maximum atomic E-state index is 7.75. The summed E-state index contributed by atoms with van der Waals surface area (Å²) < 4.78 is 10.4. The van der Waals surface area contributed by atoms with Gasteiger partial charge < -0.3 is 26.3 Å². The predicted molar refractivity (Wildman–Crippen MR) is 56.0 cm³/mol. The molecule has 1 saturated heterocycles. The van der Waals surface area contributed by atoms with Crippen LogP contribution in [-0.2, 0) is 36.0 Å². The zero-order chi connectivity index (χ0) is 11.1. The van der Waals surface area contributed by atoms with E-state index in [0.717, 1.165) is 0 Å². The van der Waals surface area contributed by atoms with Gasteiger partial charge in [-0.15, -0.1) is 0 Å². The van der Waals surface area contributed by atoms with Gasteiger partial charge in [0.15, 0.2) is 0 Å². The maximum Gasteiger partial charge on any atom is 3.00 e. The smallest absolute Gasteiger partial charge is 0.545 e. The summed E-state index contributed by atoms with van der Waals surface area (Å²) >= 11 is 0. The van der Waals surface area contributed by atoms with Crippen LogP contribution < -0.4 is 0 Å². The Morgan fingerprint density at radius 1 is 0.867 bits per heavy atom. The van der Waals surface area contributed by atoms with Gasteiger partial charge in [0.25, 0.3) is 0 Å². The number of rotatable bonds is 0. The minimum atomic E-state index is -0.188. The molecule has 1 aliphatic heterocycles. The van der Waals surface area contributed by atoms with E-state index in [4.69, 9.17) is 18.9 Å². The van der Waals surface area contributed by atoms with E-state index in [2.05, 4.69) is 13.6 Å². The van der Waals surface area contributed by atoms with E-state index in [1.54, 1.807) is 0 Å². The standard InChI is InChI=1S/C6H12BO2.2CHO.CH3.Fe/c1-5(2)6(3,4)9-7-8-5;2*1-2;;/h1-4H3;2*1H;1H3;/q;3*-1;+3. The molecule has 1 fully saturated rings. The van der Waals surface area contributed by atoms with Gasteiger partial charge in [0.2, 0.25) is 0 Å². The SMILES string of the molecule is CC1(C)O[B]OC1(C)C.[CH-]=O.[CH-]=O.[CH3-].[Fe+3]. The number of carbonyl (C=O) groups excluding carboxylic acids is 2. The van der Waals surface area contributed by atoms with Gasteiger partial charge >= 0.3 is 24.8 Å². The Bertz CT molecular complexity index is 137. The molecular weight excluding hydrogens is 239 g/mol. The van der Waals surface area contributed by atoms with Crippen molar-refractivity contribution in [2.45, 2.75) is 38.9 Å². The molecule has 0 aromatic rings. The molecule has 88 valence electrons. The molecule has 1 rings (SSSR count). The summed E-state index contributed by atoms with van der Waals surface area (Å²) in [5.41, 5.74) is -0.375. The molecule has 0 atom stereocenters. The van der Waals surface area contributed by atoms with E-state index in [1.165, 1.54) is 7.69 Å². The third kappa shape index (κ3) is 6.85. The Morgan fingerprint density at radius 2 is 1.07 bits per heavy atom. The van der Waals surface area contributed by atoms with Crippen molar-refractivity contribution in [2.75, 3.05) is 0 Å². The molecule has 0 spiro atoms. The van der Waals surface area contributed by atoms with E-state index < -0.39 is 0 Å². The van der Waals surface area contributed by atoms with Crippen LogP contribution in [0.25, 0.3) is 0 Å². The Morgan fingerprint density at radius 3 is 1.13 bits per heavy atom. The average molecular weight is 256 g/mol. The molecule has 4 nitrogen and oxygen atoms in total. The zero-order valence-corrected chi connectivity index (χ0v) is 10.8. The van der Waals surface area contributed by atoms with Crippen molar-refractivity contribution in [3.8, 4) is 0 Å².